The van der Waals surface area contributed by atoms with Crippen LogP contribution in [0.1, 0.15) is 65.7 Å². The van der Waals surface area contributed by atoms with E-state index in [-0.39, 0.29) is 11.3 Å². The fraction of sp³-hybridized carbons (Fsp3) is 0.850. The number of hydrogen-bond donors (Lipinski definition) is 1. The summed E-state index contributed by atoms with van der Waals surface area (Å²) in [4.78, 5) is 12.0. The molecule has 22 heavy (non-hydrogen) atoms. The topological polar surface area (TPSA) is 37.3 Å². The molecule has 0 aromatic rings. The zero-order valence-electron chi connectivity index (χ0n) is 14.3. The Labute approximate surface area is 134 Å². The van der Waals surface area contributed by atoms with Crippen LogP contribution >= 0.6 is 0 Å². The smallest absolute Gasteiger partial charge is 0.158 e. The monoisotopic (exact) mass is 302 g/mol. The Morgan fingerprint density at radius 3 is 2.68 bits per heavy atom. The molecule has 0 aliphatic heterocycles. The molecule has 2 nitrogen and oxygen atoms in total. The molecule has 4 rings (SSSR count). The minimum atomic E-state index is -0.478. The Balaban J connectivity index is 1.65. The lowest BCUT2D eigenvalue weighted by molar-refractivity contribution is -0.121. The quantitative estimate of drug-likeness (QED) is 0.730. The van der Waals surface area contributed by atoms with Gasteiger partial charge in [-0.25, -0.2) is 0 Å². The van der Waals surface area contributed by atoms with E-state index in [0.717, 1.165) is 37.5 Å². The molecule has 0 saturated heterocycles. The van der Waals surface area contributed by atoms with E-state index < -0.39 is 5.60 Å². The molecule has 0 bridgehead atoms. The normalized spacial score (nSPS) is 54.3. The van der Waals surface area contributed by atoms with Crippen molar-refractivity contribution in [2.75, 3.05) is 0 Å². The number of ketones is 1. The van der Waals surface area contributed by atoms with Crippen LogP contribution in [0.5, 0.6) is 0 Å². The SMILES string of the molecule is CC1CC2C(=CC1=O)CCC1C2CCC2(C)C1CCC2(C)O. The molecule has 3 saturated carbocycles. The first-order valence-corrected chi connectivity index (χ1v) is 9.30. The average molecular weight is 302 g/mol. The van der Waals surface area contributed by atoms with E-state index in [1.807, 2.05) is 6.08 Å². The van der Waals surface area contributed by atoms with E-state index in [9.17, 15) is 9.90 Å². The number of aliphatic hydroxyl groups is 1. The minimum absolute atomic E-state index is 0.117. The summed E-state index contributed by atoms with van der Waals surface area (Å²) >= 11 is 0. The van der Waals surface area contributed by atoms with E-state index in [4.69, 9.17) is 0 Å². The van der Waals surface area contributed by atoms with E-state index in [1.165, 1.54) is 24.8 Å². The van der Waals surface area contributed by atoms with E-state index in [2.05, 4.69) is 20.8 Å². The maximum Gasteiger partial charge on any atom is 0.158 e. The number of rotatable bonds is 0. The molecule has 7 atom stereocenters. The van der Waals surface area contributed by atoms with Crippen LogP contribution in [-0.2, 0) is 4.79 Å². The highest BCUT2D eigenvalue weighted by Gasteiger charge is 2.60. The first kappa shape index (κ1) is 14.9. The van der Waals surface area contributed by atoms with Crippen LogP contribution in [-0.4, -0.2) is 16.5 Å². The molecule has 0 heterocycles. The number of allylic oxidation sites excluding steroid dienone is 1. The second kappa shape index (κ2) is 4.69. The fourth-order valence-electron chi connectivity index (χ4n) is 6.60. The maximum atomic E-state index is 12.0. The third-order valence-electron chi connectivity index (χ3n) is 8.23. The van der Waals surface area contributed by atoms with Crippen molar-refractivity contribution in [3.63, 3.8) is 0 Å². The van der Waals surface area contributed by atoms with Crippen LogP contribution in [0, 0.1) is 35.0 Å². The van der Waals surface area contributed by atoms with E-state index >= 15 is 0 Å². The average Bonchev–Trinajstić information content (AvgIpc) is 2.71. The summed E-state index contributed by atoms with van der Waals surface area (Å²) in [5.74, 6) is 3.46. The molecule has 1 N–H and O–H groups in total. The molecule has 0 radical (unpaired) electrons. The number of fused-ring (bicyclic) bond motifs is 5. The molecule has 4 aliphatic rings. The van der Waals surface area contributed by atoms with Crippen LogP contribution in [0.25, 0.3) is 0 Å². The molecule has 7 unspecified atom stereocenters. The number of carbonyl (C=O) groups is 1. The van der Waals surface area contributed by atoms with Gasteiger partial charge in [-0.1, -0.05) is 19.4 Å². The van der Waals surface area contributed by atoms with E-state index in [1.54, 1.807) is 0 Å². The van der Waals surface area contributed by atoms with Gasteiger partial charge >= 0.3 is 0 Å². The molecule has 2 heteroatoms. The highest BCUT2D eigenvalue weighted by molar-refractivity contribution is 5.93. The summed E-state index contributed by atoms with van der Waals surface area (Å²) < 4.78 is 0. The van der Waals surface area contributed by atoms with Gasteiger partial charge in [-0.3, -0.25) is 4.79 Å². The largest absolute Gasteiger partial charge is 0.390 e. The molecule has 3 fully saturated rings. The third kappa shape index (κ3) is 1.85. The van der Waals surface area contributed by atoms with Crippen molar-refractivity contribution < 1.29 is 9.90 Å². The molecular weight excluding hydrogens is 272 g/mol. The summed E-state index contributed by atoms with van der Waals surface area (Å²) in [6, 6.07) is 0. The van der Waals surface area contributed by atoms with Crippen LogP contribution in [0.2, 0.25) is 0 Å². The lowest BCUT2D eigenvalue weighted by Gasteiger charge is -2.55. The summed E-state index contributed by atoms with van der Waals surface area (Å²) in [6.45, 7) is 6.52. The summed E-state index contributed by atoms with van der Waals surface area (Å²) in [5.41, 5.74) is 1.10. The Bertz CT molecular complexity index is 532. The Morgan fingerprint density at radius 1 is 1.14 bits per heavy atom. The Hall–Kier alpha value is -0.630. The van der Waals surface area contributed by atoms with Crippen LogP contribution in [0.3, 0.4) is 0 Å². The standard InChI is InChI=1S/C20H30O2/c1-12-10-16-13(11-18(12)21)4-5-15-14(16)6-8-19(2)17(15)7-9-20(19,3)22/h11-12,14-17,22H,4-10H2,1-3H3. The van der Waals surface area contributed by atoms with Gasteiger partial charge in [-0.2, -0.15) is 0 Å². The van der Waals surface area contributed by atoms with Crippen molar-refractivity contribution >= 4 is 5.78 Å². The lowest BCUT2D eigenvalue weighted by atomic mass is 9.50. The van der Waals surface area contributed by atoms with Crippen LogP contribution < -0.4 is 0 Å². The molecule has 0 amide bonds. The van der Waals surface area contributed by atoms with Crippen molar-refractivity contribution in [3.8, 4) is 0 Å². The van der Waals surface area contributed by atoms with Gasteiger partial charge in [0.05, 0.1) is 5.60 Å². The molecule has 4 aliphatic carbocycles. The van der Waals surface area contributed by atoms with Crippen molar-refractivity contribution in [1.29, 1.82) is 0 Å². The number of hydrogen-bond acceptors (Lipinski definition) is 2. The van der Waals surface area contributed by atoms with Crippen molar-refractivity contribution in [3.05, 3.63) is 11.6 Å². The molecule has 0 aromatic heterocycles. The fourth-order valence-corrected chi connectivity index (χ4v) is 6.60. The maximum absolute atomic E-state index is 12.0. The Morgan fingerprint density at radius 2 is 1.91 bits per heavy atom. The molecule has 0 aromatic carbocycles. The number of carbonyl (C=O) groups excluding carboxylic acids is 1. The van der Waals surface area contributed by atoms with Gasteiger partial charge in [-0.05, 0) is 87.0 Å². The second-order valence-corrected chi connectivity index (χ2v) is 9.11. The van der Waals surface area contributed by atoms with E-state index in [0.29, 0.717) is 17.6 Å². The summed E-state index contributed by atoms with van der Waals surface area (Å²) in [6.07, 6.45) is 10.0. The van der Waals surface area contributed by atoms with Crippen molar-refractivity contribution in [1.82, 2.24) is 0 Å². The van der Waals surface area contributed by atoms with Gasteiger partial charge in [0.1, 0.15) is 0 Å². The predicted molar refractivity (Wildman–Crippen MR) is 87.3 cm³/mol. The van der Waals surface area contributed by atoms with Crippen LogP contribution in [0.15, 0.2) is 11.6 Å². The predicted octanol–water partition coefficient (Wildman–Crippen LogP) is 4.13. The second-order valence-electron chi connectivity index (χ2n) is 9.11. The van der Waals surface area contributed by atoms with Gasteiger partial charge in [0.2, 0.25) is 0 Å². The van der Waals surface area contributed by atoms with Gasteiger partial charge in [0, 0.05) is 5.92 Å². The highest BCUT2D eigenvalue weighted by atomic mass is 16.3. The minimum Gasteiger partial charge on any atom is -0.390 e. The van der Waals surface area contributed by atoms with Gasteiger partial charge in [0.25, 0.3) is 0 Å². The molecular formula is C20H30O2. The first-order chi connectivity index (χ1) is 10.3. The zero-order valence-corrected chi connectivity index (χ0v) is 14.3. The summed E-state index contributed by atoms with van der Waals surface area (Å²) in [5, 5.41) is 10.9. The lowest BCUT2D eigenvalue weighted by Crippen LogP contribution is -2.51. The molecule has 0 spiro atoms. The van der Waals surface area contributed by atoms with Crippen LogP contribution in [0.4, 0.5) is 0 Å². The van der Waals surface area contributed by atoms with Gasteiger partial charge in [-0.15, -0.1) is 0 Å². The third-order valence-corrected chi connectivity index (χ3v) is 8.23. The van der Waals surface area contributed by atoms with Gasteiger partial charge < -0.3 is 5.11 Å². The zero-order chi connectivity index (χ0) is 15.7. The van der Waals surface area contributed by atoms with Crippen molar-refractivity contribution in [2.24, 2.45) is 35.0 Å². The Kier molecular flexibility index (Phi) is 3.18. The molecule has 122 valence electrons. The van der Waals surface area contributed by atoms with Crippen molar-refractivity contribution in [2.45, 2.75) is 71.3 Å². The first-order valence-electron chi connectivity index (χ1n) is 9.30. The summed E-state index contributed by atoms with van der Waals surface area (Å²) in [7, 11) is 0. The highest BCUT2D eigenvalue weighted by Crippen LogP contribution is 2.64. The van der Waals surface area contributed by atoms with Gasteiger partial charge in [0.15, 0.2) is 5.78 Å².